The molecule has 0 aromatic carbocycles. The fraction of sp³-hybridized carbons (Fsp3) is 1.00. The molecule has 0 aliphatic carbocycles. The molecule has 0 N–H and O–H groups in total. The Balaban J connectivity index is 4.23. The standard InChI is InChI=1S/C7H17FP2/c1-5(6(2,3)4)7(8,9)10/h5H,9-10H2,1-4H3. The summed E-state index contributed by atoms with van der Waals surface area (Å²) in [7, 11) is 4.43. The van der Waals surface area contributed by atoms with E-state index in [1.165, 1.54) is 0 Å². The number of hydrogen-bond donors (Lipinski definition) is 0. The van der Waals surface area contributed by atoms with E-state index in [1.807, 2.05) is 27.7 Å². The largest absolute Gasteiger partial charge is 0.235 e. The van der Waals surface area contributed by atoms with E-state index in [4.69, 9.17) is 0 Å². The molecule has 0 spiro atoms. The van der Waals surface area contributed by atoms with Crippen LogP contribution in [0, 0.1) is 11.3 Å². The maximum Gasteiger partial charge on any atom is 0.139 e. The first-order chi connectivity index (χ1) is 4.15. The van der Waals surface area contributed by atoms with Gasteiger partial charge in [-0.3, -0.25) is 0 Å². The van der Waals surface area contributed by atoms with Crippen molar-refractivity contribution < 1.29 is 4.39 Å². The highest BCUT2D eigenvalue weighted by Gasteiger charge is 2.34. The predicted molar refractivity (Wildman–Crippen MR) is 51.9 cm³/mol. The Morgan fingerprint density at radius 3 is 1.50 bits per heavy atom. The average Bonchev–Trinajstić information content (AvgIpc) is 1.59. The molecule has 0 radical (unpaired) electrons. The summed E-state index contributed by atoms with van der Waals surface area (Å²) in [5.41, 5.74) is 0.0260. The molecule has 0 rings (SSSR count). The minimum Gasteiger partial charge on any atom is -0.235 e. The fourth-order valence-corrected chi connectivity index (χ4v) is 1.66. The highest BCUT2D eigenvalue weighted by atomic mass is 31.1. The first-order valence-electron chi connectivity index (χ1n) is 3.42. The van der Waals surface area contributed by atoms with Crippen molar-refractivity contribution in [2.24, 2.45) is 11.3 Å². The molecule has 3 unspecified atom stereocenters. The van der Waals surface area contributed by atoms with Crippen molar-refractivity contribution in [3.05, 3.63) is 0 Å². The van der Waals surface area contributed by atoms with Crippen LogP contribution in [0.15, 0.2) is 0 Å². The van der Waals surface area contributed by atoms with Crippen molar-refractivity contribution in [2.45, 2.75) is 32.8 Å². The molecule has 0 fully saturated rings. The lowest BCUT2D eigenvalue weighted by Crippen LogP contribution is -2.29. The van der Waals surface area contributed by atoms with E-state index >= 15 is 0 Å². The molecule has 0 aromatic heterocycles. The van der Waals surface area contributed by atoms with Gasteiger partial charge in [0.25, 0.3) is 0 Å². The van der Waals surface area contributed by atoms with Crippen LogP contribution in [0.5, 0.6) is 0 Å². The van der Waals surface area contributed by atoms with Gasteiger partial charge in [-0.2, -0.15) is 0 Å². The second-order valence-corrected chi connectivity index (χ2v) is 6.35. The third-order valence-corrected chi connectivity index (χ3v) is 2.96. The fourth-order valence-electron chi connectivity index (χ4n) is 0.664. The normalized spacial score (nSPS) is 17.1. The topological polar surface area (TPSA) is 0 Å². The molecule has 0 nitrogen and oxygen atoms in total. The van der Waals surface area contributed by atoms with E-state index in [0.717, 1.165) is 0 Å². The summed E-state index contributed by atoms with van der Waals surface area (Å²) < 4.78 is 13.2. The molecular weight excluding hydrogens is 165 g/mol. The van der Waals surface area contributed by atoms with Crippen molar-refractivity contribution in [2.75, 3.05) is 0 Å². The summed E-state index contributed by atoms with van der Waals surface area (Å²) >= 11 is 0. The van der Waals surface area contributed by atoms with Gasteiger partial charge < -0.3 is 0 Å². The monoisotopic (exact) mass is 182 g/mol. The molecule has 0 aliphatic heterocycles. The molecule has 0 aliphatic rings. The zero-order valence-electron chi connectivity index (χ0n) is 7.11. The van der Waals surface area contributed by atoms with Crippen LogP contribution >= 0.6 is 18.5 Å². The van der Waals surface area contributed by atoms with Gasteiger partial charge in [0.2, 0.25) is 0 Å². The minimum absolute atomic E-state index is 0.0231. The van der Waals surface area contributed by atoms with Gasteiger partial charge in [-0.05, 0) is 5.41 Å². The van der Waals surface area contributed by atoms with Crippen molar-refractivity contribution in [3.8, 4) is 0 Å². The van der Waals surface area contributed by atoms with E-state index in [9.17, 15) is 4.39 Å². The number of alkyl halides is 1. The van der Waals surface area contributed by atoms with Crippen LogP contribution in [-0.4, -0.2) is 5.15 Å². The highest BCUT2D eigenvalue weighted by Crippen LogP contribution is 2.45. The van der Waals surface area contributed by atoms with Gasteiger partial charge in [0.05, 0.1) is 0 Å². The quantitative estimate of drug-likeness (QED) is 0.547. The summed E-state index contributed by atoms with van der Waals surface area (Å²) in [5.74, 6) is 0.0231. The third-order valence-electron chi connectivity index (χ3n) is 1.96. The maximum atomic E-state index is 13.2. The van der Waals surface area contributed by atoms with E-state index < -0.39 is 5.15 Å². The van der Waals surface area contributed by atoms with Crippen molar-refractivity contribution in [1.82, 2.24) is 0 Å². The lowest BCUT2D eigenvalue weighted by atomic mass is 9.83. The molecule has 0 saturated heterocycles. The molecule has 3 atom stereocenters. The lowest BCUT2D eigenvalue weighted by molar-refractivity contribution is 0.166. The molecule has 0 amide bonds. The molecule has 10 heavy (non-hydrogen) atoms. The maximum absolute atomic E-state index is 13.2. The number of rotatable bonds is 1. The second-order valence-electron chi connectivity index (χ2n) is 3.92. The molecule has 62 valence electrons. The molecular formula is C7H17FP2. The van der Waals surface area contributed by atoms with E-state index in [1.54, 1.807) is 0 Å². The van der Waals surface area contributed by atoms with Crippen LogP contribution in [0.4, 0.5) is 4.39 Å². The Kier molecular flexibility index (Phi) is 3.27. The highest BCUT2D eigenvalue weighted by molar-refractivity contribution is 7.39. The molecule has 3 heteroatoms. The van der Waals surface area contributed by atoms with E-state index in [-0.39, 0.29) is 11.3 Å². The van der Waals surface area contributed by atoms with Crippen molar-refractivity contribution in [1.29, 1.82) is 0 Å². The molecule has 0 aromatic rings. The van der Waals surface area contributed by atoms with Gasteiger partial charge in [-0.25, -0.2) is 4.39 Å². The smallest absolute Gasteiger partial charge is 0.139 e. The average molecular weight is 182 g/mol. The SMILES string of the molecule is CC(C(C)(C)C)C(F)(P)P. The summed E-state index contributed by atoms with van der Waals surface area (Å²) in [6.07, 6.45) is 0. The summed E-state index contributed by atoms with van der Waals surface area (Å²) in [6, 6.07) is 0. The first kappa shape index (κ1) is 10.8. The van der Waals surface area contributed by atoms with Gasteiger partial charge >= 0.3 is 0 Å². The van der Waals surface area contributed by atoms with Crippen LogP contribution in [-0.2, 0) is 0 Å². The summed E-state index contributed by atoms with van der Waals surface area (Å²) in [6.45, 7) is 8.04. The van der Waals surface area contributed by atoms with Gasteiger partial charge in [-0.15, -0.1) is 0 Å². The predicted octanol–water partition coefficient (Wildman–Crippen LogP) is 3.04. The van der Waals surface area contributed by atoms with Gasteiger partial charge in [-0.1, -0.05) is 46.2 Å². The van der Waals surface area contributed by atoms with E-state index in [0.29, 0.717) is 0 Å². The van der Waals surface area contributed by atoms with Crippen LogP contribution in [0.1, 0.15) is 27.7 Å². The Labute approximate surface area is 67.8 Å². The third kappa shape index (κ3) is 3.26. The Morgan fingerprint density at radius 2 is 1.50 bits per heavy atom. The van der Waals surface area contributed by atoms with E-state index in [2.05, 4.69) is 18.5 Å². The van der Waals surface area contributed by atoms with Gasteiger partial charge in [0.15, 0.2) is 0 Å². The Bertz CT molecular complexity index is 95.8. The minimum atomic E-state index is -1.22. The van der Waals surface area contributed by atoms with Crippen LogP contribution < -0.4 is 0 Å². The number of halogens is 1. The first-order valence-corrected chi connectivity index (χ1v) is 4.58. The van der Waals surface area contributed by atoms with Gasteiger partial charge in [0, 0.05) is 5.92 Å². The molecule has 0 bridgehead atoms. The Hall–Kier alpha value is 0.790. The lowest BCUT2D eigenvalue weighted by Gasteiger charge is -2.34. The summed E-state index contributed by atoms with van der Waals surface area (Å²) in [4.78, 5) is 0. The van der Waals surface area contributed by atoms with Gasteiger partial charge in [0.1, 0.15) is 5.15 Å². The van der Waals surface area contributed by atoms with Crippen LogP contribution in [0.2, 0.25) is 0 Å². The Morgan fingerprint density at radius 1 is 1.20 bits per heavy atom. The van der Waals surface area contributed by atoms with Crippen molar-refractivity contribution in [3.63, 3.8) is 0 Å². The van der Waals surface area contributed by atoms with Crippen molar-refractivity contribution >= 4 is 18.5 Å². The zero-order valence-corrected chi connectivity index (χ0v) is 9.42. The molecule has 0 heterocycles. The number of hydrogen-bond acceptors (Lipinski definition) is 0. The van der Waals surface area contributed by atoms with Crippen LogP contribution in [0.25, 0.3) is 0 Å². The summed E-state index contributed by atoms with van der Waals surface area (Å²) in [5, 5.41) is -1.22. The zero-order chi connectivity index (χ0) is 8.58. The molecule has 0 saturated carbocycles. The van der Waals surface area contributed by atoms with Crippen LogP contribution in [0.3, 0.4) is 0 Å². The second kappa shape index (κ2) is 3.03.